The summed E-state index contributed by atoms with van der Waals surface area (Å²) in [6.45, 7) is 10.1. The Morgan fingerprint density at radius 1 is 1.15 bits per heavy atom. The summed E-state index contributed by atoms with van der Waals surface area (Å²) in [6, 6.07) is 10.6. The molecule has 4 nitrogen and oxygen atoms in total. The lowest BCUT2D eigenvalue weighted by Crippen LogP contribution is -2.32. The summed E-state index contributed by atoms with van der Waals surface area (Å²) < 4.78 is 23.4. The molecule has 2 rings (SSSR count). The van der Waals surface area contributed by atoms with Gasteiger partial charge in [-0.25, -0.2) is 0 Å². The van der Waals surface area contributed by atoms with Gasteiger partial charge in [0.2, 0.25) is 0 Å². The molecule has 0 saturated carbocycles. The fourth-order valence-corrected chi connectivity index (χ4v) is 5.77. The van der Waals surface area contributed by atoms with Crippen LogP contribution in [0.25, 0.3) is 0 Å². The van der Waals surface area contributed by atoms with Gasteiger partial charge >= 0.3 is 7.60 Å². The van der Waals surface area contributed by atoms with Crippen molar-refractivity contribution in [2.24, 2.45) is 5.92 Å². The van der Waals surface area contributed by atoms with Crippen LogP contribution in [0.3, 0.4) is 0 Å². The van der Waals surface area contributed by atoms with Crippen LogP contribution in [0, 0.1) is 5.92 Å². The number of piperidine rings is 1. The third kappa shape index (κ3) is 8.53. The molecule has 152 valence electrons. The minimum Gasteiger partial charge on any atom is -0.306 e. The molecule has 0 N–H and O–H groups in total. The SMILES string of the molecule is CCOP(=O)(C=C1CCN(CC[C@@H](C)CSc2ccccc2)CC1)OCC. The van der Waals surface area contributed by atoms with E-state index in [2.05, 4.69) is 42.2 Å². The zero-order valence-electron chi connectivity index (χ0n) is 16.9. The van der Waals surface area contributed by atoms with Crippen LogP contribution >= 0.6 is 19.4 Å². The molecule has 1 aliphatic heterocycles. The van der Waals surface area contributed by atoms with Gasteiger partial charge in [-0.2, -0.15) is 0 Å². The van der Waals surface area contributed by atoms with Gasteiger partial charge in [0.05, 0.1) is 13.2 Å². The molecular formula is C21H34NO3PS. The molecule has 0 unspecified atom stereocenters. The number of nitrogens with zero attached hydrogens (tertiary/aromatic N) is 1. The summed E-state index contributed by atoms with van der Waals surface area (Å²) >= 11 is 1.94. The molecule has 0 radical (unpaired) electrons. The summed E-state index contributed by atoms with van der Waals surface area (Å²) in [6.07, 6.45) is 3.13. The Balaban J connectivity index is 1.70. The molecule has 0 aliphatic carbocycles. The first-order valence-corrected chi connectivity index (χ1v) is 12.6. The number of hydrogen-bond donors (Lipinski definition) is 0. The van der Waals surface area contributed by atoms with Crippen LogP contribution in [0.4, 0.5) is 0 Å². The van der Waals surface area contributed by atoms with Crippen LogP contribution in [0.5, 0.6) is 0 Å². The van der Waals surface area contributed by atoms with E-state index in [-0.39, 0.29) is 0 Å². The van der Waals surface area contributed by atoms with E-state index in [0.717, 1.165) is 38.2 Å². The van der Waals surface area contributed by atoms with E-state index in [1.807, 2.05) is 25.6 Å². The average molecular weight is 412 g/mol. The van der Waals surface area contributed by atoms with E-state index in [0.29, 0.717) is 19.1 Å². The molecule has 0 amide bonds. The van der Waals surface area contributed by atoms with Gasteiger partial charge in [0.25, 0.3) is 0 Å². The Labute approximate surface area is 169 Å². The second-order valence-corrected chi connectivity index (χ2v) is 9.97. The molecule has 1 aliphatic rings. The van der Waals surface area contributed by atoms with Crippen molar-refractivity contribution < 1.29 is 13.6 Å². The molecule has 0 aromatic heterocycles. The highest BCUT2D eigenvalue weighted by molar-refractivity contribution is 7.99. The summed E-state index contributed by atoms with van der Waals surface area (Å²) in [5, 5.41) is 0. The molecule has 0 bridgehead atoms. The van der Waals surface area contributed by atoms with Gasteiger partial charge < -0.3 is 13.9 Å². The zero-order valence-corrected chi connectivity index (χ0v) is 18.6. The van der Waals surface area contributed by atoms with Gasteiger partial charge in [0.15, 0.2) is 0 Å². The smallest absolute Gasteiger partial charge is 0.306 e. The summed E-state index contributed by atoms with van der Waals surface area (Å²) in [4.78, 5) is 3.87. The average Bonchev–Trinajstić information content (AvgIpc) is 2.67. The molecule has 1 heterocycles. The van der Waals surface area contributed by atoms with Crippen molar-refractivity contribution in [1.29, 1.82) is 0 Å². The summed E-state index contributed by atoms with van der Waals surface area (Å²) in [7, 11) is -3.06. The predicted octanol–water partition coefficient (Wildman–Crippen LogP) is 6.05. The first-order valence-electron chi connectivity index (χ1n) is 10.0. The van der Waals surface area contributed by atoms with Gasteiger partial charge in [-0.15, -0.1) is 11.8 Å². The summed E-state index contributed by atoms with van der Waals surface area (Å²) in [5.74, 6) is 3.63. The number of hydrogen-bond acceptors (Lipinski definition) is 5. The Morgan fingerprint density at radius 2 is 1.78 bits per heavy atom. The number of benzene rings is 1. The van der Waals surface area contributed by atoms with Crippen molar-refractivity contribution >= 4 is 19.4 Å². The molecule has 1 aromatic carbocycles. The third-order valence-corrected chi connectivity index (χ3v) is 7.93. The second-order valence-electron chi connectivity index (χ2n) is 7.02. The molecular weight excluding hydrogens is 377 g/mol. The topological polar surface area (TPSA) is 38.8 Å². The van der Waals surface area contributed by atoms with E-state index >= 15 is 0 Å². The van der Waals surface area contributed by atoms with E-state index in [9.17, 15) is 4.57 Å². The van der Waals surface area contributed by atoms with Crippen molar-refractivity contribution in [1.82, 2.24) is 4.90 Å². The Hall–Kier alpha value is -0.580. The van der Waals surface area contributed by atoms with Crippen molar-refractivity contribution in [3.8, 4) is 0 Å². The highest BCUT2D eigenvalue weighted by Gasteiger charge is 2.23. The Morgan fingerprint density at radius 3 is 2.37 bits per heavy atom. The van der Waals surface area contributed by atoms with Gasteiger partial charge in [-0.05, 0) is 57.7 Å². The van der Waals surface area contributed by atoms with Gasteiger partial charge in [-0.3, -0.25) is 4.57 Å². The van der Waals surface area contributed by atoms with E-state index in [4.69, 9.17) is 9.05 Å². The van der Waals surface area contributed by atoms with Crippen LogP contribution in [0.2, 0.25) is 0 Å². The fraction of sp³-hybridized carbons (Fsp3) is 0.619. The normalized spacial score (nSPS) is 17.1. The highest BCUT2D eigenvalue weighted by Crippen LogP contribution is 2.51. The number of thioether (sulfide) groups is 1. The maximum atomic E-state index is 12.6. The standard InChI is InChI=1S/C21H34NO3PS/c1-4-24-26(23,25-5-2)17-20-12-15-22(16-13-20)14-11-19(3)18-27-21-9-7-6-8-10-21/h6-10,17,19H,4-5,11-16,18H2,1-3H3/t19-/m1/s1. The van der Waals surface area contributed by atoms with Gasteiger partial charge in [0, 0.05) is 29.6 Å². The van der Waals surface area contributed by atoms with Crippen LogP contribution in [0.1, 0.15) is 40.0 Å². The first-order chi connectivity index (χ1) is 13.0. The lowest BCUT2D eigenvalue weighted by Gasteiger charge is -2.29. The van der Waals surface area contributed by atoms with Crippen molar-refractivity contribution in [3.63, 3.8) is 0 Å². The minimum atomic E-state index is -3.06. The van der Waals surface area contributed by atoms with Crippen LogP contribution < -0.4 is 0 Å². The van der Waals surface area contributed by atoms with Gasteiger partial charge in [0.1, 0.15) is 0 Å². The van der Waals surface area contributed by atoms with Crippen molar-refractivity contribution in [3.05, 3.63) is 41.7 Å². The molecule has 1 atom stereocenters. The molecule has 6 heteroatoms. The Bertz CT molecular complexity index is 603. The van der Waals surface area contributed by atoms with E-state index in [1.165, 1.54) is 16.9 Å². The molecule has 1 aromatic rings. The Kier molecular flexibility index (Phi) is 10.2. The molecule has 1 saturated heterocycles. The highest BCUT2D eigenvalue weighted by atomic mass is 32.2. The second kappa shape index (κ2) is 12.1. The lowest BCUT2D eigenvalue weighted by molar-refractivity contribution is 0.226. The minimum absolute atomic E-state index is 0.409. The predicted molar refractivity (Wildman–Crippen MR) is 116 cm³/mol. The van der Waals surface area contributed by atoms with Gasteiger partial charge in [-0.1, -0.05) is 30.7 Å². The number of likely N-dealkylation sites (tertiary alicyclic amines) is 1. The van der Waals surface area contributed by atoms with Crippen LogP contribution in [-0.2, 0) is 13.6 Å². The quantitative estimate of drug-likeness (QED) is 0.327. The van der Waals surface area contributed by atoms with Crippen LogP contribution in [-0.4, -0.2) is 43.5 Å². The van der Waals surface area contributed by atoms with Crippen molar-refractivity contribution in [2.75, 3.05) is 38.6 Å². The van der Waals surface area contributed by atoms with E-state index < -0.39 is 7.60 Å². The largest absolute Gasteiger partial charge is 0.354 e. The molecule has 27 heavy (non-hydrogen) atoms. The fourth-order valence-electron chi connectivity index (χ4n) is 3.13. The number of rotatable bonds is 11. The summed E-state index contributed by atoms with van der Waals surface area (Å²) in [5.41, 5.74) is 1.21. The van der Waals surface area contributed by atoms with Crippen molar-refractivity contribution in [2.45, 2.75) is 44.9 Å². The monoisotopic (exact) mass is 411 g/mol. The third-order valence-electron chi connectivity index (χ3n) is 4.67. The zero-order chi connectivity index (χ0) is 19.5. The maximum Gasteiger partial charge on any atom is 0.354 e. The molecule has 0 spiro atoms. The van der Waals surface area contributed by atoms with E-state index in [1.54, 1.807) is 5.82 Å². The maximum absolute atomic E-state index is 12.6. The molecule has 1 fully saturated rings. The first kappa shape index (κ1) is 22.7. The van der Waals surface area contributed by atoms with Crippen LogP contribution in [0.15, 0.2) is 46.6 Å². The lowest BCUT2D eigenvalue weighted by atomic mass is 10.0.